The predicted molar refractivity (Wildman–Crippen MR) is 109 cm³/mol. The minimum atomic E-state index is -0.319. The number of hydrogen-bond acceptors (Lipinski definition) is 7. The number of aliphatic hydroxyl groups excluding tert-OH is 1. The monoisotopic (exact) mass is 379 g/mol. The van der Waals surface area contributed by atoms with Crippen molar-refractivity contribution < 1.29 is 19.4 Å². The molecule has 0 radical (unpaired) electrons. The molecule has 1 spiro atoms. The molecule has 1 aromatic carbocycles. The van der Waals surface area contributed by atoms with Crippen molar-refractivity contribution in [3.8, 4) is 0 Å². The van der Waals surface area contributed by atoms with Crippen molar-refractivity contribution in [3.63, 3.8) is 0 Å². The van der Waals surface area contributed by atoms with Crippen LogP contribution in [0.4, 0.5) is 11.4 Å². The molecule has 0 bridgehead atoms. The molecule has 152 valence electrons. The Morgan fingerprint density at radius 3 is 2.26 bits per heavy atom. The van der Waals surface area contributed by atoms with E-state index < -0.39 is 0 Å². The third-order valence-corrected chi connectivity index (χ3v) is 5.21. The lowest BCUT2D eigenvalue weighted by atomic mass is 9.89. The van der Waals surface area contributed by atoms with Gasteiger partial charge in [0.25, 0.3) is 0 Å². The van der Waals surface area contributed by atoms with Gasteiger partial charge < -0.3 is 35.4 Å². The second-order valence-electron chi connectivity index (χ2n) is 6.58. The number of carbonyl (C=O) groups excluding carboxylic acids is 1. The van der Waals surface area contributed by atoms with E-state index in [2.05, 4.69) is 30.5 Å². The van der Waals surface area contributed by atoms with Gasteiger partial charge in [-0.3, -0.25) is 0 Å². The van der Waals surface area contributed by atoms with E-state index in [0.717, 1.165) is 62.9 Å². The molecule has 7 nitrogen and oxygen atoms in total. The van der Waals surface area contributed by atoms with Crippen molar-refractivity contribution >= 4 is 24.4 Å². The molecule has 1 aromatic rings. The van der Waals surface area contributed by atoms with Gasteiger partial charge in [-0.15, -0.1) is 0 Å². The van der Waals surface area contributed by atoms with E-state index in [0.29, 0.717) is 6.04 Å². The fourth-order valence-corrected chi connectivity index (χ4v) is 3.67. The van der Waals surface area contributed by atoms with Crippen LogP contribution in [-0.4, -0.2) is 57.3 Å². The number of aliphatic hydroxyl groups is 1. The Morgan fingerprint density at radius 2 is 1.78 bits per heavy atom. The van der Waals surface area contributed by atoms with Crippen molar-refractivity contribution in [1.82, 2.24) is 0 Å². The predicted octanol–water partition coefficient (Wildman–Crippen LogP) is 2.86. The van der Waals surface area contributed by atoms with Gasteiger partial charge in [-0.05, 0) is 43.9 Å². The van der Waals surface area contributed by atoms with Crippen LogP contribution < -0.4 is 10.6 Å². The Morgan fingerprint density at radius 1 is 1.22 bits per heavy atom. The fraction of sp³-hybridized carbons (Fsp3) is 0.600. The summed E-state index contributed by atoms with van der Waals surface area (Å²) in [7, 11) is 2.90. The summed E-state index contributed by atoms with van der Waals surface area (Å²) in [6.45, 7) is 7.68. The lowest BCUT2D eigenvalue weighted by molar-refractivity contribution is -0.177. The van der Waals surface area contributed by atoms with E-state index in [1.54, 1.807) is 0 Å². The van der Waals surface area contributed by atoms with Crippen molar-refractivity contribution in [2.45, 2.75) is 51.4 Å². The van der Waals surface area contributed by atoms with Crippen LogP contribution in [0.1, 0.15) is 42.4 Å². The molecule has 0 amide bonds. The second-order valence-corrected chi connectivity index (χ2v) is 6.58. The van der Waals surface area contributed by atoms with Gasteiger partial charge in [0.15, 0.2) is 5.79 Å². The lowest BCUT2D eigenvalue weighted by Gasteiger charge is -2.36. The molecule has 1 heterocycles. The zero-order valence-electron chi connectivity index (χ0n) is 16.9. The van der Waals surface area contributed by atoms with Gasteiger partial charge in [0.2, 0.25) is 0 Å². The standard InChI is InChI=1S/C18H27N3O2.CH4O.CH2O/c1-12-10-16(20-3)15(11-19)17(13(12)2)21-14-4-6-18(7-5-14)22-8-9-23-18;2*1-2/h10-11,14,19-21H,4-9H2,1-3H3;2H,1H3;1H2. The Hall–Kier alpha value is -1.96. The molecule has 0 unspecified atom stereocenters. The highest BCUT2D eigenvalue weighted by Crippen LogP contribution is 2.38. The summed E-state index contributed by atoms with van der Waals surface area (Å²) in [4.78, 5) is 8.00. The smallest absolute Gasteiger partial charge is 0.168 e. The van der Waals surface area contributed by atoms with Gasteiger partial charge in [0, 0.05) is 56.2 Å². The van der Waals surface area contributed by atoms with Gasteiger partial charge in [-0.25, -0.2) is 0 Å². The quantitative estimate of drug-likeness (QED) is 0.600. The first-order valence-electron chi connectivity index (χ1n) is 9.19. The van der Waals surface area contributed by atoms with Crippen molar-refractivity contribution in [2.75, 3.05) is 38.0 Å². The number of ether oxygens (including phenoxy) is 2. The van der Waals surface area contributed by atoms with E-state index in [1.165, 1.54) is 17.3 Å². The van der Waals surface area contributed by atoms with Gasteiger partial charge in [0.1, 0.15) is 6.79 Å². The summed E-state index contributed by atoms with van der Waals surface area (Å²) in [5.41, 5.74) is 5.47. The number of carbonyl (C=O) groups is 1. The fourth-order valence-electron chi connectivity index (χ4n) is 3.67. The number of rotatable bonds is 4. The molecule has 3 rings (SSSR count). The molecule has 1 aliphatic carbocycles. The molecule has 0 atom stereocenters. The largest absolute Gasteiger partial charge is 0.400 e. The third-order valence-electron chi connectivity index (χ3n) is 5.21. The van der Waals surface area contributed by atoms with E-state index >= 15 is 0 Å². The van der Waals surface area contributed by atoms with Crippen molar-refractivity contribution in [1.29, 1.82) is 5.41 Å². The van der Waals surface area contributed by atoms with Crippen molar-refractivity contribution in [2.24, 2.45) is 0 Å². The van der Waals surface area contributed by atoms with Crippen LogP contribution in [0.5, 0.6) is 0 Å². The van der Waals surface area contributed by atoms with E-state index in [4.69, 9.17) is 24.8 Å². The van der Waals surface area contributed by atoms with Gasteiger partial charge >= 0.3 is 0 Å². The molecular formula is C20H33N3O4. The molecule has 2 fully saturated rings. The SMILES string of the molecule is C=O.CNc1cc(C)c(C)c(NC2CCC3(CC2)OCCO3)c1C=N.CO. The highest BCUT2D eigenvalue weighted by atomic mass is 16.7. The first-order valence-corrected chi connectivity index (χ1v) is 9.19. The second kappa shape index (κ2) is 11.0. The number of hydrogen-bond donors (Lipinski definition) is 4. The first-order chi connectivity index (χ1) is 13.1. The van der Waals surface area contributed by atoms with Crippen LogP contribution >= 0.6 is 0 Å². The first kappa shape index (κ1) is 23.1. The Kier molecular flexibility index (Phi) is 9.41. The maximum atomic E-state index is 8.00. The summed E-state index contributed by atoms with van der Waals surface area (Å²) in [6, 6.07) is 2.51. The maximum Gasteiger partial charge on any atom is 0.168 e. The number of nitrogens with one attached hydrogen (secondary N) is 3. The Labute approximate surface area is 162 Å². The average molecular weight is 380 g/mol. The molecule has 2 aliphatic rings. The van der Waals surface area contributed by atoms with Crippen molar-refractivity contribution in [3.05, 3.63) is 22.8 Å². The molecule has 4 N–H and O–H groups in total. The minimum Gasteiger partial charge on any atom is -0.400 e. The maximum absolute atomic E-state index is 8.00. The molecule has 27 heavy (non-hydrogen) atoms. The lowest BCUT2D eigenvalue weighted by Crippen LogP contribution is -2.39. The number of anilines is 2. The highest BCUT2D eigenvalue weighted by molar-refractivity contribution is 5.95. The zero-order chi connectivity index (χ0) is 20.4. The summed E-state index contributed by atoms with van der Waals surface area (Å²) in [6.07, 6.45) is 5.37. The van der Waals surface area contributed by atoms with Gasteiger partial charge in [-0.2, -0.15) is 0 Å². The summed E-state index contributed by atoms with van der Waals surface area (Å²) >= 11 is 0. The minimum absolute atomic E-state index is 0.319. The summed E-state index contributed by atoms with van der Waals surface area (Å²) in [5, 5.41) is 21.7. The third kappa shape index (κ3) is 5.28. The van der Waals surface area contributed by atoms with Gasteiger partial charge in [0.05, 0.1) is 13.2 Å². The van der Waals surface area contributed by atoms with Gasteiger partial charge in [-0.1, -0.05) is 0 Å². The van der Waals surface area contributed by atoms with E-state index in [9.17, 15) is 0 Å². The van der Waals surface area contributed by atoms with Crippen LogP contribution in [0, 0.1) is 19.3 Å². The molecule has 1 saturated heterocycles. The average Bonchev–Trinajstić information content (AvgIpc) is 3.18. The Balaban J connectivity index is 0.000000855. The highest BCUT2D eigenvalue weighted by Gasteiger charge is 2.40. The molecule has 1 saturated carbocycles. The van der Waals surface area contributed by atoms with Crippen LogP contribution in [0.3, 0.4) is 0 Å². The number of aryl methyl sites for hydroxylation is 1. The molecule has 1 aliphatic heterocycles. The summed E-state index contributed by atoms with van der Waals surface area (Å²) in [5.74, 6) is -0.319. The Bertz CT molecular complexity index is 606. The summed E-state index contributed by atoms with van der Waals surface area (Å²) < 4.78 is 11.6. The van der Waals surface area contributed by atoms with Crippen LogP contribution in [0.25, 0.3) is 0 Å². The molecular weight excluding hydrogens is 346 g/mol. The number of benzene rings is 1. The molecule has 0 aromatic heterocycles. The van der Waals surface area contributed by atoms with E-state index in [1.807, 2.05) is 13.8 Å². The van der Waals surface area contributed by atoms with Crippen LogP contribution in [0.2, 0.25) is 0 Å². The topological polar surface area (TPSA) is 104 Å². The normalized spacial score (nSPS) is 18.0. The van der Waals surface area contributed by atoms with Crippen LogP contribution in [-0.2, 0) is 14.3 Å². The van der Waals surface area contributed by atoms with E-state index in [-0.39, 0.29) is 5.79 Å². The molecule has 7 heteroatoms. The van der Waals surface area contributed by atoms with Crippen LogP contribution in [0.15, 0.2) is 6.07 Å². The zero-order valence-corrected chi connectivity index (χ0v) is 16.9.